The highest BCUT2D eigenvalue weighted by Gasteiger charge is 2.08. The third-order valence-electron chi connectivity index (χ3n) is 3.20. The maximum absolute atomic E-state index is 12.0. The molecule has 6 heteroatoms. The van der Waals surface area contributed by atoms with Gasteiger partial charge in [0.2, 0.25) is 0 Å². The number of guanidine groups is 1. The van der Waals surface area contributed by atoms with Crippen molar-refractivity contribution in [1.29, 1.82) is 0 Å². The molecule has 0 saturated heterocycles. The summed E-state index contributed by atoms with van der Waals surface area (Å²) in [5, 5.41) is 6.57. The van der Waals surface area contributed by atoms with Gasteiger partial charge >= 0.3 is 0 Å². The van der Waals surface area contributed by atoms with Gasteiger partial charge in [0.15, 0.2) is 5.96 Å². The van der Waals surface area contributed by atoms with Gasteiger partial charge in [-0.1, -0.05) is 12.1 Å². The fourth-order valence-electron chi connectivity index (χ4n) is 2.03. The zero-order valence-electron chi connectivity index (χ0n) is 14.6. The molecule has 0 unspecified atom stereocenters. The second kappa shape index (κ2) is 10.9. The summed E-state index contributed by atoms with van der Waals surface area (Å²) in [6.07, 6.45) is 2.93. The smallest absolute Gasteiger partial charge is 0.253 e. The van der Waals surface area contributed by atoms with E-state index in [0.29, 0.717) is 0 Å². The van der Waals surface area contributed by atoms with Crippen molar-refractivity contribution in [2.24, 2.45) is 4.99 Å². The third kappa shape index (κ3) is 7.41. The third-order valence-corrected chi connectivity index (χ3v) is 3.79. The number of benzene rings is 1. The van der Waals surface area contributed by atoms with Gasteiger partial charge in [-0.05, 0) is 37.3 Å². The molecule has 0 radical (unpaired) electrons. The Morgan fingerprint density at radius 1 is 1.30 bits per heavy atom. The average molecular weight is 337 g/mol. The summed E-state index contributed by atoms with van der Waals surface area (Å²) in [5.41, 5.74) is 1.87. The lowest BCUT2D eigenvalue weighted by molar-refractivity contribution is 0.0827. The van der Waals surface area contributed by atoms with Gasteiger partial charge in [-0.15, -0.1) is 0 Å². The first-order valence-corrected chi connectivity index (χ1v) is 9.29. The summed E-state index contributed by atoms with van der Waals surface area (Å²) in [6.45, 7) is 4.49. The molecular weight excluding hydrogens is 308 g/mol. The van der Waals surface area contributed by atoms with Gasteiger partial charge in [0.1, 0.15) is 0 Å². The van der Waals surface area contributed by atoms with Crippen LogP contribution in [0.5, 0.6) is 0 Å². The van der Waals surface area contributed by atoms with Crippen LogP contribution in [0.4, 0.5) is 0 Å². The lowest BCUT2D eigenvalue weighted by Crippen LogP contribution is -2.38. The van der Waals surface area contributed by atoms with Gasteiger partial charge in [-0.3, -0.25) is 9.79 Å². The number of hydrogen-bond donors (Lipinski definition) is 2. The topological polar surface area (TPSA) is 56.7 Å². The Kier molecular flexibility index (Phi) is 9.21. The minimum atomic E-state index is 0.0341. The van der Waals surface area contributed by atoms with E-state index >= 15 is 0 Å². The largest absolute Gasteiger partial charge is 0.357 e. The molecule has 0 aliphatic rings. The lowest BCUT2D eigenvalue weighted by Gasteiger charge is -2.13. The number of rotatable bonds is 8. The maximum Gasteiger partial charge on any atom is 0.253 e. The van der Waals surface area contributed by atoms with E-state index in [1.165, 1.54) is 0 Å². The van der Waals surface area contributed by atoms with Crippen LogP contribution in [0.2, 0.25) is 0 Å². The van der Waals surface area contributed by atoms with Crippen LogP contribution in [-0.4, -0.2) is 62.5 Å². The van der Waals surface area contributed by atoms with Crippen molar-refractivity contribution in [1.82, 2.24) is 15.5 Å². The highest BCUT2D eigenvalue weighted by Crippen LogP contribution is 2.07. The van der Waals surface area contributed by atoms with Crippen LogP contribution >= 0.6 is 11.8 Å². The van der Waals surface area contributed by atoms with Crippen molar-refractivity contribution in [3.8, 4) is 0 Å². The van der Waals surface area contributed by atoms with E-state index in [2.05, 4.69) is 28.8 Å². The SMILES string of the molecule is CCNC(=NCCSC)NCCc1cccc(C(=O)N(C)C)c1. The number of nitrogens with zero attached hydrogens (tertiary/aromatic N) is 2. The number of amides is 1. The van der Waals surface area contributed by atoms with Crippen LogP contribution in [0.25, 0.3) is 0 Å². The quantitative estimate of drug-likeness (QED) is 0.432. The number of hydrogen-bond acceptors (Lipinski definition) is 3. The zero-order chi connectivity index (χ0) is 17.1. The van der Waals surface area contributed by atoms with E-state index in [-0.39, 0.29) is 5.91 Å². The number of carbonyl (C=O) groups is 1. The predicted molar refractivity (Wildman–Crippen MR) is 101 cm³/mol. The van der Waals surface area contributed by atoms with E-state index in [1.54, 1.807) is 30.8 Å². The van der Waals surface area contributed by atoms with Crippen LogP contribution in [0.1, 0.15) is 22.8 Å². The van der Waals surface area contributed by atoms with Crippen LogP contribution in [0.3, 0.4) is 0 Å². The number of carbonyl (C=O) groups excluding carboxylic acids is 1. The summed E-state index contributed by atoms with van der Waals surface area (Å²) in [6, 6.07) is 7.80. The zero-order valence-corrected chi connectivity index (χ0v) is 15.4. The molecule has 0 bridgehead atoms. The molecule has 0 atom stereocenters. The molecule has 1 aromatic rings. The minimum absolute atomic E-state index is 0.0341. The van der Waals surface area contributed by atoms with E-state index in [1.807, 2.05) is 24.3 Å². The highest BCUT2D eigenvalue weighted by molar-refractivity contribution is 7.98. The molecule has 2 N–H and O–H groups in total. The minimum Gasteiger partial charge on any atom is -0.357 e. The van der Waals surface area contributed by atoms with Crippen molar-refractivity contribution in [2.75, 3.05) is 45.7 Å². The Balaban J connectivity index is 2.55. The van der Waals surface area contributed by atoms with Crippen molar-refractivity contribution in [3.63, 3.8) is 0 Å². The molecule has 1 amide bonds. The Bertz CT molecular complexity index is 517. The first-order chi connectivity index (χ1) is 11.1. The molecule has 0 aliphatic heterocycles. The summed E-state index contributed by atoms with van der Waals surface area (Å²) >= 11 is 1.79. The predicted octanol–water partition coefficient (Wildman–Crippen LogP) is 1.85. The second-order valence-corrected chi connectivity index (χ2v) is 6.32. The maximum atomic E-state index is 12.0. The fourth-order valence-corrected chi connectivity index (χ4v) is 2.31. The molecular formula is C17H28N4OS. The molecule has 0 heterocycles. The molecule has 128 valence electrons. The van der Waals surface area contributed by atoms with Gasteiger partial charge < -0.3 is 15.5 Å². The Labute approximate surface area is 143 Å². The Hall–Kier alpha value is -1.69. The molecule has 23 heavy (non-hydrogen) atoms. The van der Waals surface area contributed by atoms with Gasteiger partial charge in [0.05, 0.1) is 6.54 Å². The van der Waals surface area contributed by atoms with E-state index in [4.69, 9.17) is 0 Å². The van der Waals surface area contributed by atoms with Crippen LogP contribution in [-0.2, 0) is 6.42 Å². The second-order valence-electron chi connectivity index (χ2n) is 5.33. The summed E-state index contributed by atoms with van der Waals surface area (Å²) in [7, 11) is 3.54. The Morgan fingerprint density at radius 3 is 2.74 bits per heavy atom. The normalized spacial score (nSPS) is 11.2. The van der Waals surface area contributed by atoms with Crippen molar-refractivity contribution in [2.45, 2.75) is 13.3 Å². The van der Waals surface area contributed by atoms with Crippen LogP contribution < -0.4 is 10.6 Å². The van der Waals surface area contributed by atoms with E-state index in [0.717, 1.165) is 48.9 Å². The monoisotopic (exact) mass is 336 g/mol. The van der Waals surface area contributed by atoms with E-state index < -0.39 is 0 Å². The summed E-state index contributed by atoms with van der Waals surface area (Å²) < 4.78 is 0. The van der Waals surface area contributed by atoms with Gasteiger partial charge in [-0.2, -0.15) is 11.8 Å². The van der Waals surface area contributed by atoms with Gasteiger partial charge in [0.25, 0.3) is 5.91 Å². The van der Waals surface area contributed by atoms with Crippen molar-refractivity contribution in [3.05, 3.63) is 35.4 Å². The first-order valence-electron chi connectivity index (χ1n) is 7.90. The molecule has 1 rings (SSSR count). The molecule has 5 nitrogen and oxygen atoms in total. The highest BCUT2D eigenvalue weighted by atomic mass is 32.2. The number of thioether (sulfide) groups is 1. The molecule has 1 aromatic carbocycles. The van der Waals surface area contributed by atoms with Gasteiger partial charge in [0, 0.05) is 38.5 Å². The molecule has 0 aliphatic carbocycles. The number of aliphatic imine (C=N–C) groups is 1. The fraction of sp³-hybridized carbons (Fsp3) is 0.529. The molecule has 0 fully saturated rings. The first kappa shape index (κ1) is 19.4. The Morgan fingerprint density at radius 2 is 2.09 bits per heavy atom. The van der Waals surface area contributed by atoms with Crippen LogP contribution in [0, 0.1) is 0 Å². The molecule has 0 saturated carbocycles. The summed E-state index contributed by atoms with van der Waals surface area (Å²) in [5.74, 6) is 1.90. The molecule has 0 spiro atoms. The standard InChI is InChI=1S/C17H28N4OS/c1-5-18-17(20-11-12-23-4)19-10-9-14-7-6-8-15(13-14)16(22)21(2)3/h6-8,13H,5,9-12H2,1-4H3,(H2,18,19,20). The lowest BCUT2D eigenvalue weighted by atomic mass is 10.1. The van der Waals surface area contributed by atoms with Crippen molar-refractivity contribution < 1.29 is 4.79 Å². The number of nitrogens with one attached hydrogen (secondary N) is 2. The average Bonchev–Trinajstić information content (AvgIpc) is 2.54. The van der Waals surface area contributed by atoms with Crippen molar-refractivity contribution >= 4 is 23.6 Å². The molecule has 0 aromatic heterocycles. The van der Waals surface area contributed by atoms with Crippen LogP contribution in [0.15, 0.2) is 29.3 Å². The van der Waals surface area contributed by atoms with Gasteiger partial charge in [-0.25, -0.2) is 0 Å². The van der Waals surface area contributed by atoms with E-state index in [9.17, 15) is 4.79 Å². The summed E-state index contributed by atoms with van der Waals surface area (Å²) in [4.78, 5) is 18.1.